The van der Waals surface area contributed by atoms with Crippen molar-refractivity contribution in [3.8, 4) is 16.8 Å². The number of aryl methyl sites for hydroxylation is 1. The Kier molecular flexibility index (Phi) is 6.55. The van der Waals surface area contributed by atoms with E-state index in [4.69, 9.17) is 0 Å². The molecule has 0 fully saturated rings. The third kappa shape index (κ3) is 4.36. The van der Waals surface area contributed by atoms with E-state index in [0.29, 0.717) is 0 Å². The van der Waals surface area contributed by atoms with Gasteiger partial charge in [-0.25, -0.2) is 0 Å². The molecule has 0 N–H and O–H groups in total. The lowest BCUT2D eigenvalue weighted by atomic mass is 10.0. The number of rotatable bonds is 5. The van der Waals surface area contributed by atoms with Gasteiger partial charge in [0.25, 0.3) is 0 Å². The maximum atomic E-state index is 3.65. The summed E-state index contributed by atoms with van der Waals surface area (Å²) in [6.07, 6.45) is 0. The van der Waals surface area contributed by atoms with Crippen LogP contribution in [0, 0.1) is 6.92 Å². The maximum absolute atomic E-state index is 3.65. The molecule has 7 rings (SSSR count). The van der Waals surface area contributed by atoms with Crippen LogP contribution in [0.5, 0.6) is 0 Å². The van der Waals surface area contributed by atoms with Gasteiger partial charge in [-0.05, 0) is 81.3 Å². The van der Waals surface area contributed by atoms with E-state index < -0.39 is 0 Å². The van der Waals surface area contributed by atoms with Crippen LogP contribution in [0.3, 0.4) is 0 Å². The maximum Gasteiger partial charge on any atom is 0.0541 e. The number of para-hydroxylation sites is 2. The second-order valence-corrected chi connectivity index (χ2v) is 11.5. The van der Waals surface area contributed by atoms with Crippen molar-refractivity contribution >= 4 is 65.2 Å². The Hall–Kier alpha value is -4.05. The summed E-state index contributed by atoms with van der Waals surface area (Å²) in [4.78, 5) is 4.50. The second-order valence-electron chi connectivity index (χ2n) is 10.0. The summed E-state index contributed by atoms with van der Waals surface area (Å²) < 4.78 is 2.36. The van der Waals surface area contributed by atoms with Gasteiger partial charge in [0.1, 0.15) is 0 Å². The predicted molar refractivity (Wildman–Crippen MR) is 178 cm³/mol. The van der Waals surface area contributed by atoms with Crippen LogP contribution in [0.2, 0.25) is 0 Å². The van der Waals surface area contributed by atoms with Crippen molar-refractivity contribution in [2.75, 3.05) is 0 Å². The summed E-state index contributed by atoms with van der Waals surface area (Å²) >= 11 is 5.45. The fraction of sp³-hybridized carbons (Fsp3) is 0.0270. The zero-order valence-electron chi connectivity index (χ0n) is 22.0. The average molecular weight is 597 g/mol. The van der Waals surface area contributed by atoms with E-state index in [1.54, 1.807) is 11.8 Å². The van der Waals surface area contributed by atoms with Crippen LogP contribution in [-0.2, 0) is 0 Å². The largest absolute Gasteiger partial charge is 0.309 e. The Morgan fingerprint density at radius 2 is 1.30 bits per heavy atom. The Bertz CT molecular complexity index is 2050. The first-order valence-corrected chi connectivity index (χ1v) is 15.1. The van der Waals surface area contributed by atoms with E-state index >= 15 is 0 Å². The first-order valence-electron chi connectivity index (χ1n) is 13.4. The molecule has 0 atom stereocenters. The third-order valence-electron chi connectivity index (χ3n) is 7.57. The van der Waals surface area contributed by atoms with Crippen LogP contribution in [0.25, 0.3) is 54.3 Å². The van der Waals surface area contributed by atoms with Gasteiger partial charge in [-0.15, -0.1) is 0 Å². The van der Waals surface area contributed by atoms with Crippen molar-refractivity contribution in [2.45, 2.75) is 11.8 Å². The molecule has 0 bridgehead atoms. The zero-order chi connectivity index (χ0) is 27.1. The Morgan fingerprint density at radius 3 is 2.12 bits per heavy atom. The van der Waals surface area contributed by atoms with Gasteiger partial charge >= 0.3 is 0 Å². The Balaban J connectivity index is 1.27. The van der Waals surface area contributed by atoms with E-state index in [1.165, 1.54) is 70.3 Å². The van der Waals surface area contributed by atoms with Crippen LogP contribution in [-0.4, -0.2) is 4.57 Å². The van der Waals surface area contributed by atoms with E-state index in [9.17, 15) is 0 Å². The van der Waals surface area contributed by atoms with E-state index in [-0.39, 0.29) is 0 Å². The predicted octanol–water partition coefficient (Wildman–Crippen LogP) is 11.4. The molecule has 0 spiro atoms. The minimum absolute atomic E-state index is 1.18. The van der Waals surface area contributed by atoms with Gasteiger partial charge in [0.05, 0.1) is 11.0 Å². The molecule has 1 heterocycles. The highest BCUT2D eigenvalue weighted by Crippen LogP contribution is 2.41. The smallest absolute Gasteiger partial charge is 0.0541 e. The normalized spacial score (nSPS) is 12.0. The topological polar surface area (TPSA) is 4.93 Å². The number of benzene rings is 6. The number of thioether (sulfide) groups is 1. The van der Waals surface area contributed by atoms with Crippen molar-refractivity contribution in [3.05, 3.63) is 150 Å². The number of fused-ring (bicyclic) bond motifs is 4. The molecule has 0 aliphatic heterocycles. The van der Waals surface area contributed by atoms with Crippen molar-refractivity contribution < 1.29 is 0 Å². The van der Waals surface area contributed by atoms with Crippen molar-refractivity contribution in [2.24, 2.45) is 0 Å². The van der Waals surface area contributed by atoms with Crippen molar-refractivity contribution in [1.82, 2.24) is 4.57 Å². The minimum atomic E-state index is 1.18. The Labute approximate surface area is 246 Å². The molecule has 0 saturated carbocycles. The van der Waals surface area contributed by atoms with E-state index in [2.05, 4.69) is 161 Å². The van der Waals surface area contributed by atoms with Gasteiger partial charge < -0.3 is 4.57 Å². The van der Waals surface area contributed by atoms with Crippen LogP contribution in [0.4, 0.5) is 0 Å². The molecule has 0 unspecified atom stereocenters. The summed E-state index contributed by atoms with van der Waals surface area (Å²) in [6.45, 7) is 2.21. The first-order chi connectivity index (χ1) is 19.7. The monoisotopic (exact) mass is 595 g/mol. The standard InChI is InChI=1S/C37H26BrNS/c1-25-22-27(19-21-36(25)40-37(24-38)32-16-9-11-26-10-5-6-14-30(26)32)28-18-20-35-33(23-28)31-15-7-8-17-34(31)39(35)29-12-3-2-4-13-29/h2-24H,1H3. The summed E-state index contributed by atoms with van der Waals surface area (Å²) in [5, 5.41) is 5.06. The summed E-state index contributed by atoms with van der Waals surface area (Å²) in [5.74, 6) is 0. The molecule has 3 heteroatoms. The fourth-order valence-corrected chi connectivity index (χ4v) is 7.10. The molecule has 0 saturated heterocycles. The molecular formula is C37H26BrNS. The molecule has 192 valence electrons. The molecule has 0 aliphatic carbocycles. The van der Waals surface area contributed by atoms with Crippen molar-refractivity contribution in [1.29, 1.82) is 0 Å². The highest BCUT2D eigenvalue weighted by Gasteiger charge is 2.14. The molecule has 0 radical (unpaired) electrons. The quantitative estimate of drug-likeness (QED) is 0.179. The summed E-state index contributed by atoms with van der Waals surface area (Å²) in [5.41, 5.74) is 8.60. The number of halogens is 1. The van der Waals surface area contributed by atoms with Crippen LogP contribution < -0.4 is 0 Å². The third-order valence-corrected chi connectivity index (χ3v) is 9.57. The van der Waals surface area contributed by atoms with Gasteiger partial charge in [-0.3, -0.25) is 0 Å². The van der Waals surface area contributed by atoms with Gasteiger partial charge in [0.2, 0.25) is 0 Å². The average Bonchev–Trinajstić information content (AvgIpc) is 3.34. The number of aromatic nitrogens is 1. The SMILES string of the molecule is Cc1cc(-c2ccc3c(c2)c2ccccc2n3-c2ccccc2)ccc1SC(=CBr)c1cccc2ccccc12. The lowest BCUT2D eigenvalue weighted by Crippen LogP contribution is -1.92. The molecule has 1 aromatic heterocycles. The van der Waals surface area contributed by atoms with Crippen LogP contribution >= 0.6 is 27.7 Å². The first kappa shape index (κ1) is 25.0. The molecule has 40 heavy (non-hydrogen) atoms. The van der Waals surface area contributed by atoms with Crippen LogP contribution in [0.1, 0.15) is 11.1 Å². The second kappa shape index (κ2) is 10.5. The number of hydrogen-bond donors (Lipinski definition) is 0. The summed E-state index contributed by atoms with van der Waals surface area (Å²) in [6, 6.07) is 48.1. The van der Waals surface area contributed by atoms with Crippen molar-refractivity contribution in [3.63, 3.8) is 0 Å². The van der Waals surface area contributed by atoms with Gasteiger partial charge in [0.15, 0.2) is 0 Å². The lowest BCUT2D eigenvalue weighted by Gasteiger charge is -2.13. The molecular weight excluding hydrogens is 570 g/mol. The molecule has 0 amide bonds. The number of hydrogen-bond acceptors (Lipinski definition) is 1. The molecule has 0 aliphatic rings. The highest BCUT2D eigenvalue weighted by atomic mass is 79.9. The van der Waals surface area contributed by atoms with Gasteiger partial charge in [-0.2, -0.15) is 0 Å². The molecule has 7 aromatic rings. The fourth-order valence-electron chi connectivity index (χ4n) is 5.65. The Morgan fingerprint density at radius 1 is 0.625 bits per heavy atom. The number of nitrogens with zero attached hydrogens (tertiary/aromatic N) is 1. The van der Waals surface area contributed by atoms with Gasteiger partial charge in [0, 0.05) is 26.3 Å². The minimum Gasteiger partial charge on any atom is -0.309 e. The molecule has 6 aromatic carbocycles. The van der Waals surface area contributed by atoms with E-state index in [1.807, 2.05) is 4.99 Å². The van der Waals surface area contributed by atoms with Crippen LogP contribution in [0.15, 0.2) is 143 Å². The lowest BCUT2D eigenvalue weighted by molar-refractivity contribution is 1.18. The summed E-state index contributed by atoms with van der Waals surface area (Å²) in [7, 11) is 0. The van der Waals surface area contributed by atoms with E-state index in [0.717, 1.165) is 0 Å². The van der Waals surface area contributed by atoms with Gasteiger partial charge in [-0.1, -0.05) is 125 Å². The molecule has 1 nitrogen and oxygen atoms in total. The zero-order valence-corrected chi connectivity index (χ0v) is 24.4. The highest BCUT2D eigenvalue weighted by molar-refractivity contribution is 9.11.